The van der Waals surface area contributed by atoms with Gasteiger partial charge in [0.1, 0.15) is 0 Å². The zero-order chi connectivity index (χ0) is 8.54. The van der Waals surface area contributed by atoms with Crippen LogP contribution in [0.3, 0.4) is 0 Å². The molecule has 0 spiro atoms. The van der Waals surface area contributed by atoms with Gasteiger partial charge < -0.3 is 0 Å². The minimum atomic E-state index is -0.474. The Balaban J connectivity index is 2.62. The third-order valence-electron chi connectivity index (χ3n) is 3.79. The molecular weight excluding hydrogens is 151 g/mol. The third-order valence-corrected chi connectivity index (χ3v) is 8.47. The summed E-state index contributed by atoms with van der Waals surface area (Å²) in [5, 5.41) is 0.821. The lowest BCUT2D eigenvalue weighted by Gasteiger charge is -2.49. The third kappa shape index (κ3) is 1.35. The van der Waals surface area contributed by atoms with Crippen LogP contribution in [0, 0.1) is 0 Å². The van der Waals surface area contributed by atoms with E-state index in [9.17, 15) is 0 Å². The second kappa shape index (κ2) is 3.05. The van der Waals surface area contributed by atoms with Gasteiger partial charge in [-0.15, -0.1) is 0 Å². The molecule has 1 aliphatic heterocycles. The van der Waals surface area contributed by atoms with E-state index in [-0.39, 0.29) is 0 Å². The first-order chi connectivity index (χ1) is 5.08. The van der Waals surface area contributed by atoms with E-state index in [1.54, 1.807) is 6.16 Å². The molecule has 0 bridgehead atoms. The number of rotatable bonds is 3. The van der Waals surface area contributed by atoms with Crippen molar-refractivity contribution in [3.63, 3.8) is 0 Å². The van der Waals surface area contributed by atoms with Gasteiger partial charge in [0.2, 0.25) is 0 Å². The maximum atomic E-state index is 2.55. The Morgan fingerprint density at radius 1 is 1.27 bits per heavy atom. The highest BCUT2D eigenvalue weighted by Gasteiger charge is 2.57. The van der Waals surface area contributed by atoms with Crippen molar-refractivity contribution >= 4 is 7.26 Å². The molecule has 1 aliphatic rings. The fourth-order valence-corrected chi connectivity index (χ4v) is 5.99. The van der Waals surface area contributed by atoms with E-state index in [4.69, 9.17) is 0 Å². The molecule has 1 atom stereocenters. The van der Waals surface area contributed by atoms with Gasteiger partial charge in [0.15, 0.2) is 0 Å². The van der Waals surface area contributed by atoms with Crippen LogP contribution in [0.2, 0.25) is 0 Å². The van der Waals surface area contributed by atoms with Crippen LogP contribution in [0.5, 0.6) is 0 Å². The van der Waals surface area contributed by atoms with E-state index >= 15 is 0 Å². The van der Waals surface area contributed by atoms with Crippen LogP contribution >= 0.6 is 7.26 Å². The van der Waals surface area contributed by atoms with Crippen LogP contribution in [-0.4, -0.2) is 24.6 Å². The molecule has 11 heavy (non-hydrogen) atoms. The molecule has 0 unspecified atom stereocenters. The molecule has 0 amide bonds. The molecule has 1 saturated heterocycles. The molecule has 1 fully saturated rings. The Bertz CT molecular complexity index is 136. The highest BCUT2D eigenvalue weighted by atomic mass is 31.2. The van der Waals surface area contributed by atoms with Crippen molar-refractivity contribution in [2.45, 2.75) is 44.7 Å². The summed E-state index contributed by atoms with van der Waals surface area (Å²) >= 11 is 0. The Hall–Kier alpha value is 0.430. The zero-order valence-electron chi connectivity index (χ0n) is 8.48. The van der Waals surface area contributed by atoms with Gasteiger partial charge in [-0.05, 0) is 12.8 Å². The Kier molecular flexibility index (Phi) is 2.64. The molecular formula is C10H22P+. The molecule has 0 aliphatic carbocycles. The summed E-state index contributed by atoms with van der Waals surface area (Å²) in [6.45, 7) is 9.82. The van der Waals surface area contributed by atoms with Crippen LogP contribution < -0.4 is 0 Å². The van der Waals surface area contributed by atoms with Crippen LogP contribution in [0.1, 0.15) is 39.5 Å². The van der Waals surface area contributed by atoms with Gasteiger partial charge >= 0.3 is 0 Å². The maximum Gasteiger partial charge on any atom is 0.0826 e. The molecule has 0 nitrogen and oxygen atoms in total. The van der Waals surface area contributed by atoms with E-state index in [1.165, 1.54) is 25.7 Å². The molecule has 1 heterocycles. The van der Waals surface area contributed by atoms with E-state index in [0.29, 0.717) is 0 Å². The first-order valence-electron chi connectivity index (χ1n) is 4.91. The number of hydrogen-bond acceptors (Lipinski definition) is 0. The fourth-order valence-electron chi connectivity index (χ4n) is 2.55. The first-order valence-corrected chi connectivity index (χ1v) is 7.78. The van der Waals surface area contributed by atoms with Crippen LogP contribution in [-0.2, 0) is 0 Å². The summed E-state index contributed by atoms with van der Waals surface area (Å²) < 4.78 is 0. The van der Waals surface area contributed by atoms with Gasteiger partial charge in [-0.25, -0.2) is 0 Å². The van der Waals surface area contributed by atoms with Crippen molar-refractivity contribution in [1.29, 1.82) is 0 Å². The van der Waals surface area contributed by atoms with Crippen molar-refractivity contribution < 1.29 is 0 Å². The van der Waals surface area contributed by atoms with Crippen molar-refractivity contribution in [1.82, 2.24) is 0 Å². The quantitative estimate of drug-likeness (QED) is 0.572. The minimum Gasteiger partial charge on any atom is -0.0652 e. The van der Waals surface area contributed by atoms with Gasteiger partial charge in [0, 0.05) is 27.0 Å². The second-order valence-electron chi connectivity index (χ2n) is 4.49. The Morgan fingerprint density at radius 2 is 1.91 bits per heavy atom. The summed E-state index contributed by atoms with van der Waals surface area (Å²) in [5.41, 5.74) is 0. The minimum absolute atomic E-state index is 0.474. The summed E-state index contributed by atoms with van der Waals surface area (Å²) in [6.07, 6.45) is 7.39. The summed E-state index contributed by atoms with van der Waals surface area (Å²) in [5.74, 6) is 0. The van der Waals surface area contributed by atoms with E-state index in [0.717, 1.165) is 5.16 Å². The van der Waals surface area contributed by atoms with Gasteiger partial charge in [-0.2, -0.15) is 0 Å². The van der Waals surface area contributed by atoms with Crippen molar-refractivity contribution in [2.24, 2.45) is 0 Å². The topological polar surface area (TPSA) is 0 Å². The molecule has 0 aromatic carbocycles. The van der Waals surface area contributed by atoms with Crippen LogP contribution in [0.15, 0.2) is 0 Å². The Labute approximate surface area is 72.1 Å². The van der Waals surface area contributed by atoms with Gasteiger partial charge in [-0.3, -0.25) is 0 Å². The van der Waals surface area contributed by atoms with Crippen LogP contribution in [0.25, 0.3) is 0 Å². The van der Waals surface area contributed by atoms with E-state index in [1.807, 2.05) is 0 Å². The average Bonchev–Trinajstić information content (AvgIpc) is 1.98. The predicted molar refractivity (Wildman–Crippen MR) is 56.2 cm³/mol. The predicted octanol–water partition coefficient (Wildman–Crippen LogP) is 3.62. The normalized spacial score (nSPS) is 34.9. The zero-order valence-corrected chi connectivity index (χ0v) is 9.38. The standard InChI is InChI=1S/C10H22P/c1-5-7-10(6-2)8-9-11(10,3)4/h5-9H2,1-4H3/q+1/t10-/m1/s1. The SMILES string of the molecule is CCC[C@]1(CC)CC[P+]1(C)C. The second-order valence-corrected chi connectivity index (χ2v) is 9.25. The molecule has 0 aromatic rings. The lowest BCUT2D eigenvalue weighted by Crippen LogP contribution is -2.42. The van der Waals surface area contributed by atoms with Crippen molar-refractivity contribution in [3.05, 3.63) is 0 Å². The average molecular weight is 173 g/mol. The van der Waals surface area contributed by atoms with Crippen molar-refractivity contribution in [3.8, 4) is 0 Å². The van der Waals surface area contributed by atoms with E-state index < -0.39 is 7.26 Å². The molecule has 0 saturated carbocycles. The molecule has 1 rings (SSSR count). The lowest BCUT2D eigenvalue weighted by molar-refractivity contribution is 0.451. The van der Waals surface area contributed by atoms with Crippen molar-refractivity contribution in [2.75, 3.05) is 19.5 Å². The smallest absolute Gasteiger partial charge is 0.0652 e. The fraction of sp³-hybridized carbons (Fsp3) is 1.00. The maximum absolute atomic E-state index is 2.55. The summed E-state index contributed by atoms with van der Waals surface area (Å²) in [7, 11) is -0.474. The van der Waals surface area contributed by atoms with Gasteiger partial charge in [0.25, 0.3) is 0 Å². The lowest BCUT2D eigenvalue weighted by atomic mass is 9.95. The monoisotopic (exact) mass is 173 g/mol. The largest absolute Gasteiger partial charge is 0.0826 e. The van der Waals surface area contributed by atoms with E-state index in [2.05, 4.69) is 27.2 Å². The van der Waals surface area contributed by atoms with Gasteiger partial charge in [0.05, 0.1) is 11.3 Å². The Morgan fingerprint density at radius 3 is 2.00 bits per heavy atom. The highest BCUT2D eigenvalue weighted by Crippen LogP contribution is 2.76. The van der Waals surface area contributed by atoms with Gasteiger partial charge in [-0.1, -0.05) is 20.3 Å². The highest BCUT2D eigenvalue weighted by molar-refractivity contribution is 7.77. The molecule has 66 valence electrons. The van der Waals surface area contributed by atoms with Crippen LogP contribution in [0.4, 0.5) is 0 Å². The molecule has 0 aromatic heterocycles. The molecule has 0 radical (unpaired) electrons. The summed E-state index contributed by atoms with van der Waals surface area (Å²) in [6, 6.07) is 0. The first kappa shape index (κ1) is 9.52. The number of hydrogen-bond donors (Lipinski definition) is 0. The summed E-state index contributed by atoms with van der Waals surface area (Å²) in [4.78, 5) is 0. The molecule has 0 N–H and O–H groups in total. The molecule has 1 heteroatoms.